The van der Waals surface area contributed by atoms with E-state index in [1.54, 1.807) is 7.11 Å². The highest BCUT2D eigenvalue weighted by molar-refractivity contribution is 5.77. The molecule has 0 unspecified atom stereocenters. The Balaban J connectivity index is 1.60. The van der Waals surface area contributed by atoms with Gasteiger partial charge in [-0.2, -0.15) is 0 Å². The van der Waals surface area contributed by atoms with Crippen molar-refractivity contribution in [3.63, 3.8) is 0 Å². The van der Waals surface area contributed by atoms with E-state index in [0.717, 1.165) is 25.9 Å². The molecule has 0 radical (unpaired) electrons. The Hall–Kier alpha value is -2.37. The Labute approximate surface area is 155 Å². The standard InChI is InChI=1S/C21H28N2O3/c1-25-15-5-13-23-21(24)17-26-20-10-8-18(9-11-20)12-14-22-16-19-6-3-2-4-7-19/h2-4,6-11,22H,5,12-17H2,1H3,(H,23,24). The van der Waals surface area contributed by atoms with Crippen LogP contribution in [0.2, 0.25) is 0 Å². The van der Waals surface area contributed by atoms with Gasteiger partial charge >= 0.3 is 0 Å². The molecule has 0 fully saturated rings. The fourth-order valence-electron chi connectivity index (χ4n) is 2.46. The van der Waals surface area contributed by atoms with Gasteiger partial charge in [0.25, 0.3) is 5.91 Å². The van der Waals surface area contributed by atoms with E-state index >= 15 is 0 Å². The molecule has 0 spiro atoms. The van der Waals surface area contributed by atoms with Crippen LogP contribution in [0.1, 0.15) is 17.5 Å². The predicted octanol–water partition coefficient (Wildman–Crippen LogP) is 2.55. The summed E-state index contributed by atoms with van der Waals surface area (Å²) in [5, 5.41) is 6.24. The van der Waals surface area contributed by atoms with Crippen LogP contribution in [0.5, 0.6) is 5.75 Å². The zero-order valence-corrected chi connectivity index (χ0v) is 15.4. The minimum atomic E-state index is -0.115. The largest absolute Gasteiger partial charge is 0.484 e. The van der Waals surface area contributed by atoms with Crippen LogP contribution in [0.4, 0.5) is 0 Å². The summed E-state index contributed by atoms with van der Waals surface area (Å²) in [4.78, 5) is 11.7. The lowest BCUT2D eigenvalue weighted by molar-refractivity contribution is -0.123. The van der Waals surface area contributed by atoms with Crippen LogP contribution in [-0.4, -0.2) is 39.3 Å². The number of nitrogens with one attached hydrogen (secondary N) is 2. The summed E-state index contributed by atoms with van der Waals surface area (Å²) in [5.41, 5.74) is 2.53. The SMILES string of the molecule is COCCCNC(=O)COc1ccc(CCNCc2ccccc2)cc1. The maximum atomic E-state index is 11.7. The number of amides is 1. The van der Waals surface area contributed by atoms with Gasteiger partial charge in [-0.15, -0.1) is 0 Å². The smallest absolute Gasteiger partial charge is 0.257 e. The quantitative estimate of drug-likeness (QED) is 0.574. The van der Waals surface area contributed by atoms with Gasteiger partial charge in [0, 0.05) is 26.8 Å². The van der Waals surface area contributed by atoms with E-state index < -0.39 is 0 Å². The lowest BCUT2D eigenvalue weighted by Gasteiger charge is -2.09. The van der Waals surface area contributed by atoms with Crippen molar-refractivity contribution in [3.05, 3.63) is 65.7 Å². The van der Waals surface area contributed by atoms with Crippen LogP contribution in [0.3, 0.4) is 0 Å². The summed E-state index contributed by atoms with van der Waals surface area (Å²) in [5.74, 6) is 0.591. The molecule has 0 aliphatic carbocycles. The molecule has 26 heavy (non-hydrogen) atoms. The maximum absolute atomic E-state index is 11.7. The topological polar surface area (TPSA) is 59.6 Å². The molecular formula is C21H28N2O3. The number of ether oxygens (including phenoxy) is 2. The van der Waals surface area contributed by atoms with Gasteiger partial charge in [0.15, 0.2) is 6.61 Å². The summed E-state index contributed by atoms with van der Waals surface area (Å²) < 4.78 is 10.4. The zero-order valence-electron chi connectivity index (χ0n) is 15.4. The van der Waals surface area contributed by atoms with Crippen LogP contribution >= 0.6 is 0 Å². The monoisotopic (exact) mass is 356 g/mol. The number of rotatable bonds is 12. The third-order valence-corrected chi connectivity index (χ3v) is 3.90. The van der Waals surface area contributed by atoms with Crippen LogP contribution < -0.4 is 15.4 Å². The minimum Gasteiger partial charge on any atom is -0.484 e. The Bertz CT molecular complexity index is 629. The first-order chi connectivity index (χ1) is 12.8. The lowest BCUT2D eigenvalue weighted by atomic mass is 10.1. The first-order valence-electron chi connectivity index (χ1n) is 9.00. The van der Waals surface area contributed by atoms with E-state index in [-0.39, 0.29) is 12.5 Å². The molecule has 2 rings (SSSR count). The minimum absolute atomic E-state index is 0.0327. The molecule has 0 aliphatic rings. The molecule has 0 atom stereocenters. The zero-order chi connectivity index (χ0) is 18.5. The van der Waals surface area contributed by atoms with Gasteiger partial charge in [0.05, 0.1) is 0 Å². The van der Waals surface area contributed by atoms with Crippen LogP contribution in [0.25, 0.3) is 0 Å². The highest BCUT2D eigenvalue weighted by Gasteiger charge is 2.02. The van der Waals surface area contributed by atoms with Crippen molar-refractivity contribution in [3.8, 4) is 5.75 Å². The number of methoxy groups -OCH3 is 1. The van der Waals surface area contributed by atoms with Gasteiger partial charge in [0.2, 0.25) is 0 Å². The molecule has 0 heterocycles. The molecule has 0 aromatic heterocycles. The molecule has 0 saturated heterocycles. The molecule has 1 amide bonds. The number of hydrogen-bond donors (Lipinski definition) is 2. The summed E-state index contributed by atoms with van der Waals surface area (Å²) in [7, 11) is 1.65. The van der Waals surface area contributed by atoms with Crippen molar-refractivity contribution in [2.75, 3.05) is 33.4 Å². The van der Waals surface area contributed by atoms with E-state index in [9.17, 15) is 4.79 Å². The van der Waals surface area contributed by atoms with Crippen LogP contribution in [0.15, 0.2) is 54.6 Å². The van der Waals surface area contributed by atoms with E-state index in [1.165, 1.54) is 11.1 Å². The summed E-state index contributed by atoms with van der Waals surface area (Å²) in [6, 6.07) is 18.3. The van der Waals surface area contributed by atoms with Gasteiger partial charge in [-0.25, -0.2) is 0 Å². The fraction of sp³-hybridized carbons (Fsp3) is 0.381. The summed E-state index contributed by atoms with van der Waals surface area (Å²) >= 11 is 0. The van der Waals surface area contributed by atoms with E-state index in [4.69, 9.17) is 9.47 Å². The second-order valence-electron chi connectivity index (χ2n) is 6.04. The van der Waals surface area contributed by atoms with Gasteiger partial charge in [-0.05, 0) is 42.6 Å². The number of carbonyl (C=O) groups is 1. The van der Waals surface area contributed by atoms with Gasteiger partial charge in [-0.1, -0.05) is 42.5 Å². The third kappa shape index (κ3) is 8.14. The van der Waals surface area contributed by atoms with Crippen molar-refractivity contribution in [1.82, 2.24) is 10.6 Å². The molecule has 2 N–H and O–H groups in total. The predicted molar refractivity (Wildman–Crippen MR) is 103 cm³/mol. The van der Waals surface area contributed by atoms with Crippen LogP contribution in [0, 0.1) is 0 Å². The van der Waals surface area contributed by atoms with Crippen molar-refractivity contribution in [2.24, 2.45) is 0 Å². The Kier molecular flexibility index (Phi) is 9.25. The van der Waals surface area contributed by atoms with E-state index in [0.29, 0.717) is 18.9 Å². The molecule has 5 nitrogen and oxygen atoms in total. The third-order valence-electron chi connectivity index (χ3n) is 3.90. The van der Waals surface area contributed by atoms with E-state index in [1.807, 2.05) is 30.3 Å². The molecule has 2 aromatic rings. The first-order valence-corrected chi connectivity index (χ1v) is 9.00. The number of carbonyl (C=O) groups excluding carboxylic acids is 1. The van der Waals surface area contributed by atoms with Crippen molar-refractivity contribution >= 4 is 5.91 Å². The molecule has 0 bridgehead atoms. The lowest BCUT2D eigenvalue weighted by Crippen LogP contribution is -2.30. The van der Waals surface area contributed by atoms with Crippen molar-refractivity contribution < 1.29 is 14.3 Å². The Morgan fingerprint density at radius 2 is 1.73 bits per heavy atom. The van der Waals surface area contributed by atoms with Gasteiger partial charge in [0.1, 0.15) is 5.75 Å². The van der Waals surface area contributed by atoms with Crippen molar-refractivity contribution in [1.29, 1.82) is 0 Å². The molecule has 5 heteroatoms. The molecular weight excluding hydrogens is 328 g/mol. The average Bonchev–Trinajstić information content (AvgIpc) is 2.69. The highest BCUT2D eigenvalue weighted by atomic mass is 16.5. The number of hydrogen-bond acceptors (Lipinski definition) is 4. The van der Waals surface area contributed by atoms with Crippen LogP contribution in [-0.2, 0) is 22.5 Å². The second kappa shape index (κ2) is 12.1. The Morgan fingerprint density at radius 1 is 0.962 bits per heavy atom. The average molecular weight is 356 g/mol. The van der Waals surface area contributed by atoms with E-state index in [2.05, 4.69) is 34.9 Å². The normalized spacial score (nSPS) is 10.5. The maximum Gasteiger partial charge on any atom is 0.257 e. The second-order valence-corrected chi connectivity index (χ2v) is 6.04. The Morgan fingerprint density at radius 3 is 2.46 bits per heavy atom. The molecule has 0 aliphatic heterocycles. The van der Waals surface area contributed by atoms with Gasteiger partial charge < -0.3 is 20.1 Å². The highest BCUT2D eigenvalue weighted by Crippen LogP contribution is 2.12. The first kappa shape index (κ1) is 19.9. The number of benzene rings is 2. The summed E-state index contributed by atoms with van der Waals surface area (Å²) in [6.07, 6.45) is 1.75. The van der Waals surface area contributed by atoms with Gasteiger partial charge in [-0.3, -0.25) is 4.79 Å². The summed E-state index contributed by atoms with van der Waals surface area (Å²) in [6.45, 7) is 3.07. The van der Waals surface area contributed by atoms with Crippen molar-refractivity contribution in [2.45, 2.75) is 19.4 Å². The fourth-order valence-corrected chi connectivity index (χ4v) is 2.46. The molecule has 0 saturated carbocycles. The molecule has 140 valence electrons. The molecule has 2 aromatic carbocycles.